The molecule has 0 saturated carbocycles. The molecule has 1 aromatic rings. The van der Waals surface area contributed by atoms with Crippen molar-refractivity contribution in [2.75, 3.05) is 6.26 Å². The van der Waals surface area contributed by atoms with E-state index in [2.05, 4.69) is 10.3 Å². The predicted molar refractivity (Wildman–Crippen MR) is 60.8 cm³/mol. The summed E-state index contributed by atoms with van der Waals surface area (Å²) in [6, 6.07) is 4.06. The second-order valence-electron chi connectivity index (χ2n) is 2.45. The molecule has 0 aliphatic heterocycles. The molecule has 1 N–H and O–H groups in total. The molecule has 3 nitrogen and oxygen atoms in total. The number of rotatable bonds is 1. The maximum Gasteiger partial charge on any atom is 0.183 e. The number of halogens is 2. The van der Waals surface area contributed by atoms with Gasteiger partial charge in [0.05, 0.1) is 0 Å². The number of nitrogens with one attached hydrogen (secondary N) is 1. The quantitative estimate of drug-likeness (QED) is 0.357. The molecule has 0 bridgehead atoms. The maximum absolute atomic E-state index is 13.2. The summed E-state index contributed by atoms with van der Waals surface area (Å²) in [5, 5.41) is 11.4. The molecule has 0 atom stereocenters. The summed E-state index contributed by atoms with van der Waals surface area (Å²) in [6.07, 6.45) is 3.44. The van der Waals surface area contributed by atoms with Crippen LogP contribution in [0.4, 0.5) is 10.1 Å². The van der Waals surface area contributed by atoms with Gasteiger partial charge in [0.25, 0.3) is 0 Å². The fourth-order valence-electron chi connectivity index (χ4n) is 0.853. The van der Waals surface area contributed by atoms with Crippen molar-refractivity contribution >= 4 is 34.2 Å². The van der Waals surface area contributed by atoms with Gasteiger partial charge in [-0.25, -0.2) is 9.38 Å². The summed E-state index contributed by atoms with van der Waals surface area (Å²) in [5.74, 6) is -0.481. The number of amidine groups is 1. The van der Waals surface area contributed by atoms with E-state index in [0.717, 1.165) is 0 Å². The highest BCUT2D eigenvalue weighted by Gasteiger charge is 2.03. The summed E-state index contributed by atoms with van der Waals surface area (Å²) in [6.45, 7) is 0. The van der Waals surface area contributed by atoms with Crippen molar-refractivity contribution in [3.8, 4) is 6.19 Å². The molecule has 0 spiro atoms. The number of hydrogen-bond donors (Lipinski definition) is 1. The molecule has 1 rings (SSSR count). The van der Waals surface area contributed by atoms with Gasteiger partial charge in [-0.3, -0.25) is 5.32 Å². The molecule has 0 fully saturated rings. The molecule has 0 aliphatic carbocycles. The third-order valence-corrected chi connectivity index (χ3v) is 2.30. The van der Waals surface area contributed by atoms with Gasteiger partial charge in [0.2, 0.25) is 0 Å². The summed E-state index contributed by atoms with van der Waals surface area (Å²) in [5.41, 5.74) is 0.106. The van der Waals surface area contributed by atoms with Gasteiger partial charge in [0, 0.05) is 5.02 Å². The zero-order valence-corrected chi connectivity index (χ0v) is 9.36. The zero-order chi connectivity index (χ0) is 11.3. The van der Waals surface area contributed by atoms with E-state index in [4.69, 9.17) is 16.9 Å². The van der Waals surface area contributed by atoms with Crippen LogP contribution < -0.4 is 5.32 Å². The standard InChI is InChI=1S/C9H7ClFN3S/c1-15-9(13-5-12)14-8-4-6(10)2-3-7(8)11/h2-4H,1H3,(H,13,14). The summed E-state index contributed by atoms with van der Waals surface area (Å²) in [7, 11) is 0. The Kier molecular flexibility index (Phi) is 4.40. The molecular formula is C9H7ClFN3S. The maximum atomic E-state index is 13.2. The van der Waals surface area contributed by atoms with Crippen LogP contribution in [0, 0.1) is 17.3 Å². The van der Waals surface area contributed by atoms with Crippen LogP contribution in [0.2, 0.25) is 5.02 Å². The number of nitriles is 1. The smallest absolute Gasteiger partial charge is 0.183 e. The van der Waals surface area contributed by atoms with Crippen LogP contribution in [-0.4, -0.2) is 11.4 Å². The van der Waals surface area contributed by atoms with Crippen LogP contribution in [0.5, 0.6) is 0 Å². The van der Waals surface area contributed by atoms with Gasteiger partial charge in [-0.1, -0.05) is 23.4 Å². The van der Waals surface area contributed by atoms with Gasteiger partial charge in [-0.15, -0.1) is 0 Å². The highest BCUT2D eigenvalue weighted by molar-refractivity contribution is 8.13. The van der Waals surface area contributed by atoms with E-state index in [1.807, 2.05) is 0 Å². The number of nitrogens with zero attached hydrogens (tertiary/aromatic N) is 2. The largest absolute Gasteiger partial charge is 0.271 e. The van der Waals surface area contributed by atoms with Crippen molar-refractivity contribution in [1.29, 1.82) is 5.26 Å². The van der Waals surface area contributed by atoms with E-state index in [1.165, 1.54) is 30.0 Å². The lowest BCUT2D eigenvalue weighted by molar-refractivity contribution is 0.630. The Labute approximate surface area is 96.0 Å². The monoisotopic (exact) mass is 243 g/mol. The number of hydrogen-bond acceptors (Lipinski definition) is 3. The highest BCUT2D eigenvalue weighted by Crippen LogP contribution is 2.23. The summed E-state index contributed by atoms with van der Waals surface area (Å²) >= 11 is 6.90. The van der Waals surface area contributed by atoms with E-state index in [9.17, 15) is 4.39 Å². The van der Waals surface area contributed by atoms with Crippen molar-refractivity contribution in [3.05, 3.63) is 29.0 Å². The number of thioether (sulfide) groups is 1. The van der Waals surface area contributed by atoms with Crippen LogP contribution >= 0.6 is 23.4 Å². The fraction of sp³-hybridized carbons (Fsp3) is 0.111. The zero-order valence-electron chi connectivity index (χ0n) is 7.79. The molecule has 78 valence electrons. The van der Waals surface area contributed by atoms with Gasteiger partial charge in [-0.05, 0) is 24.5 Å². The average Bonchev–Trinajstić information content (AvgIpc) is 2.22. The molecular weight excluding hydrogens is 237 g/mol. The summed E-state index contributed by atoms with van der Waals surface area (Å²) in [4.78, 5) is 3.91. The van der Waals surface area contributed by atoms with Crippen molar-refractivity contribution in [1.82, 2.24) is 5.32 Å². The molecule has 0 aromatic heterocycles. The Morgan fingerprint density at radius 3 is 3.00 bits per heavy atom. The van der Waals surface area contributed by atoms with Crippen LogP contribution in [0.1, 0.15) is 0 Å². The van der Waals surface area contributed by atoms with Gasteiger partial charge in [-0.2, -0.15) is 5.26 Å². The van der Waals surface area contributed by atoms with Crippen LogP contribution in [0.15, 0.2) is 23.2 Å². The van der Waals surface area contributed by atoms with Gasteiger partial charge >= 0.3 is 0 Å². The number of aliphatic imine (C=N–C) groups is 1. The Hall–Kier alpha value is -1.25. The molecule has 6 heteroatoms. The van der Waals surface area contributed by atoms with Crippen LogP contribution in [0.25, 0.3) is 0 Å². The second kappa shape index (κ2) is 5.59. The number of benzene rings is 1. The first-order valence-electron chi connectivity index (χ1n) is 3.90. The minimum atomic E-state index is -0.481. The van der Waals surface area contributed by atoms with Crippen molar-refractivity contribution < 1.29 is 4.39 Å². The molecule has 1 aromatic carbocycles. The Morgan fingerprint density at radius 1 is 1.67 bits per heavy atom. The van der Waals surface area contributed by atoms with Crippen molar-refractivity contribution in [3.63, 3.8) is 0 Å². The first-order valence-corrected chi connectivity index (χ1v) is 5.50. The lowest BCUT2D eigenvalue weighted by Gasteiger charge is -2.01. The lowest BCUT2D eigenvalue weighted by Crippen LogP contribution is -2.12. The lowest BCUT2D eigenvalue weighted by atomic mass is 10.3. The highest BCUT2D eigenvalue weighted by atomic mass is 35.5. The van der Waals surface area contributed by atoms with Crippen molar-refractivity contribution in [2.45, 2.75) is 0 Å². The predicted octanol–water partition coefficient (Wildman–Crippen LogP) is 2.90. The van der Waals surface area contributed by atoms with E-state index in [1.54, 1.807) is 12.4 Å². The normalized spacial score (nSPS) is 10.9. The molecule has 0 radical (unpaired) electrons. The Bertz CT molecular complexity index is 428. The third-order valence-electron chi connectivity index (χ3n) is 1.49. The fourth-order valence-corrected chi connectivity index (χ4v) is 1.36. The molecule has 0 amide bonds. The van der Waals surface area contributed by atoms with Gasteiger partial charge in [0.15, 0.2) is 11.4 Å². The van der Waals surface area contributed by atoms with Gasteiger partial charge in [0.1, 0.15) is 11.5 Å². The Balaban J connectivity index is 3.05. The van der Waals surface area contributed by atoms with E-state index in [0.29, 0.717) is 10.2 Å². The molecule has 0 aliphatic rings. The van der Waals surface area contributed by atoms with Crippen molar-refractivity contribution in [2.24, 2.45) is 4.99 Å². The first kappa shape index (κ1) is 11.8. The molecule has 0 heterocycles. The minimum absolute atomic E-state index is 0.106. The average molecular weight is 244 g/mol. The third kappa shape index (κ3) is 3.42. The van der Waals surface area contributed by atoms with E-state index in [-0.39, 0.29) is 5.69 Å². The van der Waals surface area contributed by atoms with E-state index >= 15 is 0 Å². The topological polar surface area (TPSA) is 48.2 Å². The van der Waals surface area contributed by atoms with Crippen LogP contribution in [0.3, 0.4) is 0 Å². The molecule has 0 saturated heterocycles. The molecule has 0 unspecified atom stereocenters. The first-order chi connectivity index (χ1) is 7.17. The van der Waals surface area contributed by atoms with Crippen LogP contribution in [-0.2, 0) is 0 Å². The second-order valence-corrected chi connectivity index (χ2v) is 3.68. The van der Waals surface area contributed by atoms with Gasteiger partial charge < -0.3 is 0 Å². The molecule has 15 heavy (non-hydrogen) atoms. The van der Waals surface area contributed by atoms with E-state index < -0.39 is 5.82 Å². The summed E-state index contributed by atoms with van der Waals surface area (Å²) < 4.78 is 13.2. The minimum Gasteiger partial charge on any atom is -0.271 e. The Morgan fingerprint density at radius 2 is 2.40 bits per heavy atom. The SMILES string of the molecule is CSC(=Nc1cc(Cl)ccc1F)NC#N.